The highest BCUT2D eigenvalue weighted by Crippen LogP contribution is 2.27. The summed E-state index contributed by atoms with van der Waals surface area (Å²) < 4.78 is 1.07. The number of halogens is 1. The zero-order chi connectivity index (χ0) is 19.4. The SMILES string of the molecule is CCCN(C(=O)CNC)C(C)c1ncc(-c2ccc3cc(Br)ccc3c2)[nH]1. The van der Waals surface area contributed by atoms with Gasteiger partial charge in [-0.1, -0.05) is 41.1 Å². The Bertz CT molecular complexity index is 937. The third-order valence-electron chi connectivity index (χ3n) is 4.68. The second-order valence-corrected chi connectivity index (χ2v) is 7.60. The van der Waals surface area contributed by atoms with Crippen LogP contribution in [0, 0.1) is 0 Å². The Morgan fingerprint density at radius 1 is 1.26 bits per heavy atom. The van der Waals surface area contributed by atoms with E-state index in [0.717, 1.165) is 28.0 Å². The molecule has 1 unspecified atom stereocenters. The summed E-state index contributed by atoms with van der Waals surface area (Å²) in [6, 6.07) is 12.5. The van der Waals surface area contributed by atoms with Gasteiger partial charge in [-0.05, 0) is 49.4 Å². The van der Waals surface area contributed by atoms with Gasteiger partial charge in [0.25, 0.3) is 0 Å². The van der Waals surface area contributed by atoms with Gasteiger partial charge in [-0.2, -0.15) is 0 Å². The quantitative estimate of drug-likeness (QED) is 0.581. The summed E-state index contributed by atoms with van der Waals surface area (Å²) in [6.45, 7) is 5.14. The van der Waals surface area contributed by atoms with E-state index in [2.05, 4.69) is 68.5 Å². The molecule has 1 heterocycles. The van der Waals surface area contributed by atoms with Crippen LogP contribution in [0.4, 0.5) is 0 Å². The van der Waals surface area contributed by atoms with Crippen molar-refractivity contribution in [3.8, 4) is 11.3 Å². The van der Waals surface area contributed by atoms with Crippen molar-refractivity contribution in [3.63, 3.8) is 0 Å². The Kier molecular flexibility index (Phi) is 6.29. The van der Waals surface area contributed by atoms with Gasteiger partial charge < -0.3 is 15.2 Å². The first-order valence-corrected chi connectivity index (χ1v) is 10.0. The minimum Gasteiger partial charge on any atom is -0.340 e. The average molecular weight is 429 g/mol. The summed E-state index contributed by atoms with van der Waals surface area (Å²) in [5, 5.41) is 5.31. The van der Waals surface area contributed by atoms with Crippen molar-refractivity contribution in [2.24, 2.45) is 0 Å². The molecule has 0 aliphatic carbocycles. The second-order valence-electron chi connectivity index (χ2n) is 6.68. The summed E-state index contributed by atoms with van der Waals surface area (Å²) in [5.41, 5.74) is 2.04. The Balaban J connectivity index is 1.86. The molecule has 6 heteroatoms. The zero-order valence-corrected chi connectivity index (χ0v) is 17.5. The first-order valence-electron chi connectivity index (χ1n) is 9.22. The molecule has 0 saturated carbocycles. The molecule has 2 N–H and O–H groups in total. The molecule has 27 heavy (non-hydrogen) atoms. The van der Waals surface area contributed by atoms with Crippen LogP contribution >= 0.6 is 15.9 Å². The zero-order valence-electron chi connectivity index (χ0n) is 15.9. The van der Waals surface area contributed by atoms with Crippen LogP contribution in [0.15, 0.2) is 47.1 Å². The van der Waals surface area contributed by atoms with E-state index in [1.165, 1.54) is 10.8 Å². The number of nitrogens with one attached hydrogen (secondary N) is 2. The number of imidazole rings is 1. The molecule has 0 spiro atoms. The molecule has 1 amide bonds. The number of carbonyl (C=O) groups excluding carboxylic acids is 1. The summed E-state index contributed by atoms with van der Waals surface area (Å²) >= 11 is 3.51. The molecule has 0 bridgehead atoms. The van der Waals surface area contributed by atoms with Gasteiger partial charge in [0.2, 0.25) is 5.91 Å². The maximum atomic E-state index is 12.4. The molecule has 5 nitrogen and oxygen atoms in total. The van der Waals surface area contributed by atoms with E-state index in [9.17, 15) is 4.79 Å². The number of aromatic nitrogens is 2. The van der Waals surface area contributed by atoms with Crippen molar-refractivity contribution in [3.05, 3.63) is 52.9 Å². The lowest BCUT2D eigenvalue weighted by Crippen LogP contribution is -2.39. The van der Waals surface area contributed by atoms with E-state index < -0.39 is 0 Å². The summed E-state index contributed by atoms with van der Waals surface area (Å²) in [6.07, 6.45) is 2.76. The fourth-order valence-electron chi connectivity index (χ4n) is 3.26. The van der Waals surface area contributed by atoms with Crippen LogP contribution in [0.2, 0.25) is 0 Å². The van der Waals surface area contributed by atoms with Crippen LogP contribution in [-0.4, -0.2) is 40.9 Å². The largest absolute Gasteiger partial charge is 0.340 e. The fraction of sp³-hybridized carbons (Fsp3) is 0.333. The lowest BCUT2D eigenvalue weighted by Gasteiger charge is -2.27. The Morgan fingerprint density at radius 3 is 2.74 bits per heavy atom. The molecule has 3 aromatic rings. The number of amides is 1. The van der Waals surface area contributed by atoms with Crippen molar-refractivity contribution < 1.29 is 4.79 Å². The molecule has 0 saturated heterocycles. The van der Waals surface area contributed by atoms with Gasteiger partial charge in [0, 0.05) is 16.6 Å². The molecule has 2 aromatic carbocycles. The van der Waals surface area contributed by atoms with Gasteiger partial charge in [-0.15, -0.1) is 0 Å². The molecular formula is C21H25BrN4O. The number of nitrogens with zero attached hydrogens (tertiary/aromatic N) is 2. The first-order chi connectivity index (χ1) is 13.0. The molecule has 1 atom stereocenters. The molecule has 3 rings (SSSR count). The summed E-state index contributed by atoms with van der Waals surface area (Å²) in [4.78, 5) is 22.3. The number of carbonyl (C=O) groups is 1. The van der Waals surface area contributed by atoms with Crippen LogP contribution in [0.3, 0.4) is 0 Å². The smallest absolute Gasteiger partial charge is 0.237 e. The Labute approximate surface area is 168 Å². The van der Waals surface area contributed by atoms with Crippen molar-refractivity contribution >= 4 is 32.6 Å². The predicted molar refractivity (Wildman–Crippen MR) is 114 cm³/mol. The van der Waals surface area contributed by atoms with Gasteiger partial charge in [0.1, 0.15) is 5.82 Å². The summed E-state index contributed by atoms with van der Waals surface area (Å²) in [5.74, 6) is 0.889. The molecule has 142 valence electrons. The van der Waals surface area contributed by atoms with E-state index in [-0.39, 0.29) is 11.9 Å². The minimum atomic E-state index is -0.101. The maximum Gasteiger partial charge on any atom is 0.237 e. The van der Waals surface area contributed by atoms with Crippen molar-refractivity contribution in [2.75, 3.05) is 20.1 Å². The number of hydrogen-bond donors (Lipinski definition) is 2. The highest BCUT2D eigenvalue weighted by molar-refractivity contribution is 9.10. The third-order valence-corrected chi connectivity index (χ3v) is 5.18. The van der Waals surface area contributed by atoms with Gasteiger partial charge in [-0.3, -0.25) is 4.79 Å². The van der Waals surface area contributed by atoms with E-state index >= 15 is 0 Å². The number of fused-ring (bicyclic) bond motifs is 1. The highest BCUT2D eigenvalue weighted by Gasteiger charge is 2.22. The number of likely N-dealkylation sites (N-methyl/N-ethyl adjacent to an activating group) is 1. The van der Waals surface area contributed by atoms with Gasteiger partial charge in [-0.25, -0.2) is 4.98 Å². The Hall–Kier alpha value is -2.18. The third kappa shape index (κ3) is 4.39. The standard InChI is InChI=1S/C21H25BrN4O/c1-4-9-26(20(27)13-23-3)14(2)21-24-12-19(25-21)17-6-5-16-11-18(22)8-7-15(16)10-17/h5-8,10-12,14,23H,4,9,13H2,1-3H3,(H,24,25). The predicted octanol–water partition coefficient (Wildman–Crippen LogP) is 4.51. The normalized spacial score (nSPS) is 12.3. The lowest BCUT2D eigenvalue weighted by molar-refractivity contribution is -0.132. The number of rotatable bonds is 7. The average Bonchev–Trinajstić information content (AvgIpc) is 3.15. The molecular weight excluding hydrogens is 404 g/mol. The minimum absolute atomic E-state index is 0.0843. The van der Waals surface area contributed by atoms with Crippen LogP contribution in [0.5, 0.6) is 0 Å². The van der Waals surface area contributed by atoms with E-state index in [0.29, 0.717) is 13.1 Å². The number of H-pyrrole nitrogens is 1. The molecule has 0 aliphatic heterocycles. The van der Waals surface area contributed by atoms with Gasteiger partial charge in [0.05, 0.1) is 24.5 Å². The topological polar surface area (TPSA) is 61.0 Å². The van der Waals surface area contributed by atoms with Gasteiger partial charge in [0.15, 0.2) is 0 Å². The molecule has 0 aliphatic rings. The Morgan fingerprint density at radius 2 is 2.00 bits per heavy atom. The number of benzene rings is 2. The summed E-state index contributed by atoms with van der Waals surface area (Å²) in [7, 11) is 1.79. The van der Waals surface area contributed by atoms with Crippen LogP contribution in [0.25, 0.3) is 22.0 Å². The van der Waals surface area contributed by atoms with E-state index in [1.807, 2.05) is 24.1 Å². The highest BCUT2D eigenvalue weighted by atomic mass is 79.9. The molecule has 1 aromatic heterocycles. The van der Waals surface area contributed by atoms with Crippen LogP contribution < -0.4 is 5.32 Å². The number of aromatic amines is 1. The van der Waals surface area contributed by atoms with Crippen LogP contribution in [-0.2, 0) is 4.79 Å². The second kappa shape index (κ2) is 8.67. The fourth-order valence-corrected chi connectivity index (χ4v) is 3.63. The van der Waals surface area contributed by atoms with E-state index in [1.54, 1.807) is 7.05 Å². The maximum absolute atomic E-state index is 12.4. The first kappa shape index (κ1) is 19.6. The monoisotopic (exact) mass is 428 g/mol. The van der Waals surface area contributed by atoms with Crippen molar-refractivity contribution in [1.29, 1.82) is 0 Å². The molecule has 0 radical (unpaired) electrons. The van der Waals surface area contributed by atoms with Crippen molar-refractivity contribution in [1.82, 2.24) is 20.2 Å². The molecule has 0 fully saturated rings. The van der Waals surface area contributed by atoms with Gasteiger partial charge >= 0.3 is 0 Å². The lowest BCUT2D eigenvalue weighted by atomic mass is 10.1. The number of hydrogen-bond acceptors (Lipinski definition) is 3. The van der Waals surface area contributed by atoms with E-state index in [4.69, 9.17) is 0 Å². The van der Waals surface area contributed by atoms with Crippen molar-refractivity contribution in [2.45, 2.75) is 26.3 Å². The van der Waals surface area contributed by atoms with Crippen LogP contribution in [0.1, 0.15) is 32.1 Å².